The summed E-state index contributed by atoms with van der Waals surface area (Å²) in [7, 11) is 2.00. The highest BCUT2D eigenvalue weighted by Gasteiger charge is 2.50. The van der Waals surface area contributed by atoms with E-state index < -0.39 is 0 Å². The van der Waals surface area contributed by atoms with Crippen LogP contribution in [0.3, 0.4) is 0 Å². The van der Waals surface area contributed by atoms with E-state index in [4.69, 9.17) is 4.74 Å². The van der Waals surface area contributed by atoms with E-state index in [0.717, 1.165) is 12.4 Å². The normalized spacial score (nSPS) is 30.0. The molecule has 0 bridgehead atoms. The second-order valence-electron chi connectivity index (χ2n) is 3.99. The van der Waals surface area contributed by atoms with Gasteiger partial charge in [-0.05, 0) is 31.5 Å². The first-order valence-corrected chi connectivity index (χ1v) is 4.98. The number of ether oxygens (including phenoxy) is 1. The SMILES string of the molecule is CNC1(COc2cccnc2)CC1C. The molecular weight excluding hydrogens is 176 g/mol. The fourth-order valence-electron chi connectivity index (χ4n) is 1.75. The molecule has 0 aliphatic heterocycles. The maximum absolute atomic E-state index is 5.67. The highest BCUT2D eigenvalue weighted by atomic mass is 16.5. The lowest BCUT2D eigenvalue weighted by atomic mass is 10.2. The summed E-state index contributed by atoms with van der Waals surface area (Å²) in [6.07, 6.45) is 4.70. The second-order valence-corrected chi connectivity index (χ2v) is 3.99. The number of hydrogen-bond donors (Lipinski definition) is 1. The van der Waals surface area contributed by atoms with E-state index in [2.05, 4.69) is 17.2 Å². The van der Waals surface area contributed by atoms with Crippen LogP contribution in [0.25, 0.3) is 0 Å². The van der Waals surface area contributed by atoms with Crippen molar-refractivity contribution in [2.24, 2.45) is 5.92 Å². The Morgan fingerprint density at radius 1 is 1.71 bits per heavy atom. The topological polar surface area (TPSA) is 34.1 Å². The van der Waals surface area contributed by atoms with Crippen molar-refractivity contribution in [3.8, 4) is 5.75 Å². The van der Waals surface area contributed by atoms with Crippen LogP contribution >= 0.6 is 0 Å². The summed E-state index contributed by atoms with van der Waals surface area (Å²) in [6.45, 7) is 2.97. The Bertz CT molecular complexity index is 297. The van der Waals surface area contributed by atoms with Gasteiger partial charge in [0.05, 0.1) is 11.7 Å². The van der Waals surface area contributed by atoms with E-state index in [0.29, 0.717) is 5.92 Å². The molecule has 0 amide bonds. The molecule has 1 aromatic heterocycles. The minimum Gasteiger partial charge on any atom is -0.490 e. The quantitative estimate of drug-likeness (QED) is 0.784. The largest absolute Gasteiger partial charge is 0.490 e. The third kappa shape index (κ3) is 1.73. The summed E-state index contributed by atoms with van der Waals surface area (Å²) >= 11 is 0. The zero-order valence-corrected chi connectivity index (χ0v) is 8.66. The number of nitrogens with one attached hydrogen (secondary N) is 1. The Morgan fingerprint density at radius 3 is 3.00 bits per heavy atom. The molecule has 14 heavy (non-hydrogen) atoms. The van der Waals surface area contributed by atoms with Gasteiger partial charge in [-0.2, -0.15) is 0 Å². The van der Waals surface area contributed by atoms with E-state index in [1.807, 2.05) is 19.2 Å². The molecule has 2 unspecified atom stereocenters. The number of pyridine rings is 1. The number of hydrogen-bond acceptors (Lipinski definition) is 3. The molecule has 1 saturated carbocycles. The summed E-state index contributed by atoms with van der Waals surface area (Å²) in [4.78, 5) is 4.01. The summed E-state index contributed by atoms with van der Waals surface area (Å²) in [5.74, 6) is 1.56. The molecular formula is C11H16N2O. The smallest absolute Gasteiger partial charge is 0.137 e. The summed E-state index contributed by atoms with van der Waals surface area (Å²) in [6, 6.07) is 3.82. The third-order valence-electron chi connectivity index (χ3n) is 3.08. The molecule has 1 N–H and O–H groups in total. The van der Waals surface area contributed by atoms with Crippen molar-refractivity contribution in [1.29, 1.82) is 0 Å². The van der Waals surface area contributed by atoms with Crippen molar-refractivity contribution in [3.05, 3.63) is 24.5 Å². The lowest BCUT2D eigenvalue weighted by Crippen LogP contribution is -2.36. The first-order valence-electron chi connectivity index (χ1n) is 4.98. The molecule has 1 fully saturated rings. The van der Waals surface area contributed by atoms with Gasteiger partial charge in [0.2, 0.25) is 0 Å². The van der Waals surface area contributed by atoms with Gasteiger partial charge in [0.15, 0.2) is 0 Å². The Hall–Kier alpha value is -1.09. The fraction of sp³-hybridized carbons (Fsp3) is 0.545. The van der Waals surface area contributed by atoms with Crippen molar-refractivity contribution in [1.82, 2.24) is 10.3 Å². The van der Waals surface area contributed by atoms with Crippen LogP contribution in [0, 0.1) is 5.92 Å². The van der Waals surface area contributed by atoms with Crippen molar-refractivity contribution >= 4 is 0 Å². The van der Waals surface area contributed by atoms with Crippen LogP contribution < -0.4 is 10.1 Å². The molecule has 0 saturated heterocycles. The van der Waals surface area contributed by atoms with Crippen molar-refractivity contribution < 1.29 is 4.74 Å². The predicted molar refractivity (Wildman–Crippen MR) is 55.3 cm³/mol. The van der Waals surface area contributed by atoms with E-state index in [1.165, 1.54) is 6.42 Å². The predicted octanol–water partition coefficient (Wildman–Crippen LogP) is 1.46. The summed E-state index contributed by atoms with van der Waals surface area (Å²) in [5, 5.41) is 3.33. The minimum absolute atomic E-state index is 0.204. The van der Waals surface area contributed by atoms with Gasteiger partial charge < -0.3 is 10.1 Å². The maximum Gasteiger partial charge on any atom is 0.137 e. The average molecular weight is 192 g/mol. The average Bonchev–Trinajstić information content (AvgIpc) is 2.89. The number of rotatable bonds is 4. The van der Waals surface area contributed by atoms with Crippen LogP contribution in [0.2, 0.25) is 0 Å². The van der Waals surface area contributed by atoms with Crippen LogP contribution in [0.1, 0.15) is 13.3 Å². The Labute approximate surface area is 84.5 Å². The number of nitrogens with zero attached hydrogens (tertiary/aromatic N) is 1. The van der Waals surface area contributed by atoms with Gasteiger partial charge in [-0.25, -0.2) is 0 Å². The molecule has 3 heteroatoms. The van der Waals surface area contributed by atoms with Crippen molar-refractivity contribution in [2.75, 3.05) is 13.7 Å². The van der Waals surface area contributed by atoms with Crippen LogP contribution in [0.5, 0.6) is 5.75 Å². The standard InChI is InChI=1S/C11H16N2O/c1-9-6-11(9,12-2)8-14-10-4-3-5-13-7-10/h3-5,7,9,12H,6,8H2,1-2H3. The molecule has 3 nitrogen and oxygen atoms in total. The molecule has 2 atom stereocenters. The molecule has 0 spiro atoms. The fourth-order valence-corrected chi connectivity index (χ4v) is 1.75. The maximum atomic E-state index is 5.67. The third-order valence-corrected chi connectivity index (χ3v) is 3.08. The lowest BCUT2D eigenvalue weighted by Gasteiger charge is -2.16. The molecule has 76 valence electrons. The zero-order valence-electron chi connectivity index (χ0n) is 8.66. The first-order chi connectivity index (χ1) is 6.77. The second kappa shape index (κ2) is 3.58. The minimum atomic E-state index is 0.204. The number of likely N-dealkylation sites (N-methyl/N-ethyl adjacent to an activating group) is 1. The van der Waals surface area contributed by atoms with Crippen LogP contribution in [0.4, 0.5) is 0 Å². The van der Waals surface area contributed by atoms with Gasteiger partial charge in [0, 0.05) is 6.20 Å². The van der Waals surface area contributed by atoms with Crippen LogP contribution in [0.15, 0.2) is 24.5 Å². The van der Waals surface area contributed by atoms with Gasteiger partial charge in [0.1, 0.15) is 12.4 Å². The van der Waals surface area contributed by atoms with Gasteiger partial charge in [0.25, 0.3) is 0 Å². The number of aromatic nitrogens is 1. The highest BCUT2D eigenvalue weighted by Crippen LogP contribution is 2.42. The van der Waals surface area contributed by atoms with Gasteiger partial charge in [-0.15, -0.1) is 0 Å². The van der Waals surface area contributed by atoms with Crippen molar-refractivity contribution in [3.63, 3.8) is 0 Å². The molecule has 1 aromatic rings. The van der Waals surface area contributed by atoms with Gasteiger partial charge >= 0.3 is 0 Å². The van der Waals surface area contributed by atoms with Crippen LogP contribution in [-0.2, 0) is 0 Å². The molecule has 1 aliphatic carbocycles. The molecule has 0 radical (unpaired) electrons. The highest BCUT2D eigenvalue weighted by molar-refractivity contribution is 5.17. The van der Waals surface area contributed by atoms with E-state index in [9.17, 15) is 0 Å². The molecule has 1 heterocycles. The van der Waals surface area contributed by atoms with Gasteiger partial charge in [-0.3, -0.25) is 4.98 Å². The Kier molecular flexibility index (Phi) is 2.42. The molecule has 1 aliphatic rings. The van der Waals surface area contributed by atoms with E-state index in [-0.39, 0.29) is 5.54 Å². The Balaban J connectivity index is 1.89. The van der Waals surface area contributed by atoms with Crippen LogP contribution in [-0.4, -0.2) is 24.2 Å². The summed E-state index contributed by atoms with van der Waals surface area (Å²) in [5.41, 5.74) is 0.204. The van der Waals surface area contributed by atoms with Gasteiger partial charge in [-0.1, -0.05) is 6.92 Å². The Morgan fingerprint density at radius 2 is 2.50 bits per heavy atom. The van der Waals surface area contributed by atoms with E-state index >= 15 is 0 Å². The lowest BCUT2D eigenvalue weighted by molar-refractivity contribution is 0.249. The zero-order chi connectivity index (χ0) is 10.0. The first kappa shape index (κ1) is 9.46. The van der Waals surface area contributed by atoms with E-state index in [1.54, 1.807) is 12.4 Å². The molecule has 0 aromatic carbocycles. The van der Waals surface area contributed by atoms with Crippen molar-refractivity contribution in [2.45, 2.75) is 18.9 Å². The molecule has 2 rings (SSSR count). The monoisotopic (exact) mass is 192 g/mol. The summed E-state index contributed by atoms with van der Waals surface area (Å²) < 4.78 is 5.67.